The molecule has 0 aliphatic carbocycles. The number of amides is 4. The molecule has 6 fully saturated rings. The van der Waals surface area contributed by atoms with E-state index < -0.39 is 278 Å². The molecule has 0 bridgehead atoms. The number of ether oxygens (including phenoxy) is 12. The smallest absolute Gasteiger partial charge is 0.217 e. The fourth-order valence-corrected chi connectivity index (χ4v) is 11.8. The molecule has 550 valence electrons. The number of carbonyl (C=O) groups excluding carboxylic acids is 4. The molecular weight excluding hydrogens is 1300 g/mol. The van der Waals surface area contributed by atoms with Gasteiger partial charge in [-0.2, -0.15) is 0 Å². The molecule has 96 heavy (non-hydrogen) atoms. The molecule has 0 radical (unpaired) electrons. The van der Waals surface area contributed by atoms with Gasteiger partial charge in [-0.15, -0.1) is 0 Å². The fourth-order valence-electron chi connectivity index (χ4n) is 11.8. The molecule has 41 nitrogen and oxygen atoms in total. The monoisotopic (exact) mass is 1390 g/mol. The van der Waals surface area contributed by atoms with Crippen molar-refractivity contribution in [2.75, 3.05) is 58.1 Å². The van der Waals surface area contributed by atoms with Crippen LogP contribution in [0.25, 0.3) is 0 Å². The molecule has 0 saturated carbocycles. The van der Waals surface area contributed by atoms with Gasteiger partial charge in [0.2, 0.25) is 23.6 Å². The van der Waals surface area contributed by atoms with E-state index in [1.54, 1.807) is 18.2 Å². The Kier molecular flexibility index (Phi) is 29.4. The number of rotatable bonds is 29. The summed E-state index contributed by atoms with van der Waals surface area (Å²) in [5.74, 6) is -2.97. The Morgan fingerprint density at radius 3 is 1.34 bits per heavy atom. The standard InChI is InChI=1S/C55H90N6O35/c1-17(68)58-21(9-57-29-7-5-6-8-56-29)33(73)45(22(72)10-62)92-52-32(61-20(4)71)41(81)46(27(15-67)90-52)93-53-44(84)47(94-55-49(43(83)37(77)26(14-66)89-55)96-51-31(60-19(3)70)40(80)35(75)24(12-64)87-51)38(78)28(91-53)16-85-54-48(42(82)36(76)25(13-65)88-54)95-50-30(59-18(2)69)39(79)34(74)23(11-63)86-50/h5-8,21-28,30-55,62-67,72-84H,9-16H2,1-4H3,(H,56,57)(H,58,68)(H,59,69)(H,60,70)(H,61,71)/t21-,22+,23+,24+,25+,26+,27+,28+,30+,31+,32+,33+,34+,35+,36+,37+,38+,39+,40+,41+,42-,43-,44-,45+,46+,47-,48-,49-,50-,51-,52-,53-,54-,55+/m0/s1. The van der Waals surface area contributed by atoms with E-state index in [1.165, 1.54) is 6.20 Å². The Hall–Kier alpha value is -4.41. The second kappa shape index (κ2) is 35.8. The topological polar surface area (TPSA) is 636 Å². The van der Waals surface area contributed by atoms with Gasteiger partial charge in [0.1, 0.15) is 170 Å². The number of aliphatic hydroxyl groups excluding tert-OH is 19. The lowest BCUT2D eigenvalue weighted by Crippen LogP contribution is -2.70. The molecule has 1 aromatic heterocycles. The minimum atomic E-state index is -2.47. The van der Waals surface area contributed by atoms with Crippen molar-refractivity contribution in [3.8, 4) is 0 Å². The van der Waals surface area contributed by atoms with Gasteiger partial charge in [-0.1, -0.05) is 6.07 Å². The Morgan fingerprint density at radius 2 is 0.885 bits per heavy atom. The summed E-state index contributed by atoms with van der Waals surface area (Å²) in [6.07, 6.45) is -59.7. The zero-order valence-electron chi connectivity index (χ0n) is 52.1. The average molecular weight is 1400 g/mol. The van der Waals surface area contributed by atoms with E-state index in [-0.39, 0.29) is 12.4 Å². The number of aromatic nitrogens is 1. The van der Waals surface area contributed by atoms with Crippen LogP contribution in [0.2, 0.25) is 0 Å². The lowest BCUT2D eigenvalue weighted by Gasteiger charge is -2.50. The molecule has 7 heterocycles. The molecule has 4 amide bonds. The quantitative estimate of drug-likeness (QED) is 0.0354. The van der Waals surface area contributed by atoms with Crippen molar-refractivity contribution in [1.29, 1.82) is 0 Å². The number of nitrogens with zero attached hydrogens (tertiary/aromatic N) is 1. The Balaban J connectivity index is 1.25. The molecule has 41 heteroatoms. The first-order valence-corrected chi connectivity index (χ1v) is 30.6. The highest BCUT2D eigenvalue weighted by molar-refractivity contribution is 5.74. The molecule has 7 rings (SSSR count). The first-order chi connectivity index (χ1) is 45.5. The zero-order valence-corrected chi connectivity index (χ0v) is 52.1. The molecule has 6 aliphatic rings. The lowest BCUT2D eigenvalue weighted by atomic mass is 9.94. The number of nitrogens with one attached hydrogen (secondary N) is 5. The third-order valence-electron chi connectivity index (χ3n) is 16.8. The van der Waals surface area contributed by atoms with Crippen LogP contribution in [0.1, 0.15) is 27.7 Å². The van der Waals surface area contributed by atoms with E-state index >= 15 is 0 Å². The van der Waals surface area contributed by atoms with Gasteiger partial charge in [-0.3, -0.25) is 19.2 Å². The summed E-state index contributed by atoms with van der Waals surface area (Å²) < 4.78 is 71.6. The van der Waals surface area contributed by atoms with Crippen molar-refractivity contribution in [1.82, 2.24) is 26.3 Å². The number of pyridine rings is 1. The Bertz CT molecular complexity index is 2590. The minimum Gasteiger partial charge on any atom is -0.394 e. The van der Waals surface area contributed by atoms with Gasteiger partial charge in [0.15, 0.2) is 37.7 Å². The van der Waals surface area contributed by atoms with Crippen molar-refractivity contribution in [2.45, 2.75) is 236 Å². The third-order valence-corrected chi connectivity index (χ3v) is 16.8. The van der Waals surface area contributed by atoms with Crippen molar-refractivity contribution >= 4 is 29.4 Å². The maximum absolute atomic E-state index is 13.0. The minimum absolute atomic E-state index is 0.277. The van der Waals surface area contributed by atoms with Gasteiger partial charge in [-0.05, 0) is 12.1 Å². The van der Waals surface area contributed by atoms with Gasteiger partial charge in [0.25, 0.3) is 0 Å². The maximum Gasteiger partial charge on any atom is 0.217 e. The normalized spacial score (nSPS) is 41.8. The number of aliphatic hydroxyl groups is 19. The second-order valence-corrected chi connectivity index (χ2v) is 23.7. The van der Waals surface area contributed by atoms with E-state index in [4.69, 9.17) is 56.8 Å². The summed E-state index contributed by atoms with van der Waals surface area (Å²) in [5.41, 5.74) is 0. The maximum atomic E-state index is 13.0. The molecule has 6 saturated heterocycles. The van der Waals surface area contributed by atoms with Crippen molar-refractivity contribution < 1.29 is 173 Å². The number of hydrogen-bond donors (Lipinski definition) is 24. The SMILES string of the molecule is CC(=O)N[C@H]1[C@H](O[C@@H]([C@H](O)[C@H](CNc2ccccn2)NC(C)=O)[C@H](O)CO)O[C@H](CO)[C@@H](O[C@@H]2O[C@H](CO[C@H]3O[C@H](CO)[C@@H](O)[C@H](O)[C@@H]3O[C@@H]3O[C@H](CO)[C@@H](O)[C@H](O)[C@H]3NC(C)=O)[C@@H](O)[C@H](O[C@H]3O[C@H](CO)[C@@H](O)[C@H](O)[C@@H]3O[C@@H]3O[C@H](CO)[C@@H](O)[C@H](O)[C@H]3NC(C)=O)[C@@H]2O)[C@@H]1O. The number of hydrogen-bond acceptors (Lipinski definition) is 37. The Labute approximate surface area is 546 Å². The van der Waals surface area contributed by atoms with E-state index in [2.05, 4.69) is 31.6 Å². The summed E-state index contributed by atoms with van der Waals surface area (Å²) in [6.45, 7) is -3.62. The van der Waals surface area contributed by atoms with Crippen LogP contribution < -0.4 is 26.6 Å². The fraction of sp³-hybridized carbons (Fsp3) is 0.836. The summed E-state index contributed by atoms with van der Waals surface area (Å²) in [4.78, 5) is 54.3. The second-order valence-electron chi connectivity index (χ2n) is 23.7. The van der Waals surface area contributed by atoms with Crippen LogP contribution in [-0.4, -0.2) is 387 Å². The summed E-state index contributed by atoms with van der Waals surface area (Å²) in [7, 11) is 0. The predicted molar refractivity (Wildman–Crippen MR) is 306 cm³/mol. The van der Waals surface area contributed by atoms with Crippen LogP contribution in [0.3, 0.4) is 0 Å². The lowest BCUT2D eigenvalue weighted by molar-refractivity contribution is -0.395. The van der Waals surface area contributed by atoms with E-state index in [0.717, 1.165) is 27.7 Å². The van der Waals surface area contributed by atoms with Crippen molar-refractivity contribution in [3.05, 3.63) is 24.4 Å². The first-order valence-electron chi connectivity index (χ1n) is 30.6. The van der Waals surface area contributed by atoms with Gasteiger partial charge in [0, 0.05) is 40.4 Å². The van der Waals surface area contributed by atoms with Crippen LogP contribution in [0.15, 0.2) is 24.4 Å². The summed E-state index contributed by atoms with van der Waals surface area (Å²) >= 11 is 0. The average Bonchev–Trinajstić information content (AvgIpc) is 0.780. The van der Waals surface area contributed by atoms with Crippen LogP contribution in [0.4, 0.5) is 5.82 Å². The molecule has 0 spiro atoms. The van der Waals surface area contributed by atoms with Crippen LogP contribution in [0.5, 0.6) is 0 Å². The van der Waals surface area contributed by atoms with Crippen LogP contribution in [0, 0.1) is 0 Å². The zero-order chi connectivity index (χ0) is 70.7. The molecule has 0 aromatic carbocycles. The molecule has 34 atom stereocenters. The molecule has 1 aromatic rings. The summed E-state index contributed by atoms with van der Waals surface area (Å²) in [5, 5.41) is 223. The number of anilines is 1. The Morgan fingerprint density at radius 1 is 0.458 bits per heavy atom. The van der Waals surface area contributed by atoms with Gasteiger partial charge >= 0.3 is 0 Å². The molecule has 6 aliphatic heterocycles. The predicted octanol–water partition coefficient (Wildman–Crippen LogP) is -14.6. The van der Waals surface area contributed by atoms with Crippen molar-refractivity contribution in [2.24, 2.45) is 0 Å². The van der Waals surface area contributed by atoms with Crippen LogP contribution >= 0.6 is 0 Å². The highest BCUT2D eigenvalue weighted by Gasteiger charge is 2.58. The molecule has 0 unspecified atom stereocenters. The largest absolute Gasteiger partial charge is 0.394 e. The van der Waals surface area contributed by atoms with E-state index in [0.29, 0.717) is 0 Å². The molecule has 24 N–H and O–H groups in total. The highest BCUT2D eigenvalue weighted by Crippen LogP contribution is 2.37. The van der Waals surface area contributed by atoms with Crippen LogP contribution in [-0.2, 0) is 76.0 Å². The van der Waals surface area contributed by atoms with E-state index in [1.807, 2.05) is 0 Å². The molecular formula is C55H90N6O35. The van der Waals surface area contributed by atoms with Gasteiger partial charge in [0.05, 0.1) is 52.3 Å². The van der Waals surface area contributed by atoms with Crippen molar-refractivity contribution in [3.63, 3.8) is 0 Å². The van der Waals surface area contributed by atoms with Gasteiger partial charge < -0.3 is 180 Å². The highest BCUT2D eigenvalue weighted by atomic mass is 16.8. The number of carbonyl (C=O) groups is 4. The third kappa shape index (κ3) is 18.8. The van der Waals surface area contributed by atoms with E-state index in [9.17, 15) is 116 Å². The summed E-state index contributed by atoms with van der Waals surface area (Å²) in [6, 6.07) is -1.89. The first kappa shape index (κ1) is 78.9. The van der Waals surface area contributed by atoms with Gasteiger partial charge in [-0.25, -0.2) is 4.98 Å².